The molecule has 0 amide bonds. The predicted molar refractivity (Wildman–Crippen MR) is 74.0 cm³/mol. The van der Waals surface area contributed by atoms with Crippen LogP contribution in [0.25, 0.3) is 0 Å². The van der Waals surface area contributed by atoms with Crippen LogP contribution in [0.2, 0.25) is 0 Å². The van der Waals surface area contributed by atoms with Gasteiger partial charge < -0.3 is 5.73 Å². The molecular formula is C14H23NS. The van der Waals surface area contributed by atoms with Crippen LogP contribution in [0.4, 0.5) is 0 Å². The number of benzene rings is 1. The lowest BCUT2D eigenvalue weighted by Crippen LogP contribution is -2.30. The second-order valence-corrected chi connectivity index (χ2v) is 5.65. The first-order valence-corrected chi connectivity index (χ1v) is 7.07. The van der Waals surface area contributed by atoms with Gasteiger partial charge in [0.1, 0.15) is 0 Å². The van der Waals surface area contributed by atoms with Gasteiger partial charge in [0.05, 0.1) is 0 Å². The van der Waals surface area contributed by atoms with Crippen molar-refractivity contribution >= 4 is 11.8 Å². The Kier molecular flexibility index (Phi) is 5.93. The largest absolute Gasteiger partial charge is 0.327 e. The summed E-state index contributed by atoms with van der Waals surface area (Å²) < 4.78 is 0. The number of thioether (sulfide) groups is 1. The molecule has 2 heteroatoms. The lowest BCUT2D eigenvalue weighted by Gasteiger charge is -2.18. The van der Waals surface area contributed by atoms with Crippen molar-refractivity contribution < 1.29 is 0 Å². The van der Waals surface area contributed by atoms with Gasteiger partial charge in [0.15, 0.2) is 0 Å². The van der Waals surface area contributed by atoms with E-state index in [1.165, 1.54) is 23.3 Å². The van der Waals surface area contributed by atoms with Crippen molar-refractivity contribution in [3.63, 3.8) is 0 Å². The van der Waals surface area contributed by atoms with Gasteiger partial charge in [-0.05, 0) is 31.4 Å². The van der Waals surface area contributed by atoms with Crippen LogP contribution >= 0.6 is 11.8 Å². The van der Waals surface area contributed by atoms with Crippen molar-refractivity contribution in [3.05, 3.63) is 29.8 Å². The van der Waals surface area contributed by atoms with Crippen LogP contribution in [-0.4, -0.2) is 11.8 Å². The molecule has 1 nitrogen and oxygen atoms in total. The molecule has 0 saturated carbocycles. The minimum atomic E-state index is 0.311. The predicted octanol–water partition coefficient (Wildman–Crippen LogP) is 3.85. The van der Waals surface area contributed by atoms with E-state index in [-0.39, 0.29) is 0 Å². The highest BCUT2D eigenvalue weighted by Gasteiger charge is 2.11. The Morgan fingerprint density at radius 3 is 2.75 bits per heavy atom. The van der Waals surface area contributed by atoms with Crippen LogP contribution in [-0.2, 0) is 0 Å². The first kappa shape index (κ1) is 13.6. The van der Waals surface area contributed by atoms with Crippen molar-refractivity contribution in [1.82, 2.24) is 0 Å². The van der Waals surface area contributed by atoms with E-state index < -0.39 is 0 Å². The zero-order valence-electron chi connectivity index (χ0n) is 10.6. The first-order valence-electron chi connectivity index (χ1n) is 6.08. The summed E-state index contributed by atoms with van der Waals surface area (Å²) in [5.41, 5.74) is 7.49. The summed E-state index contributed by atoms with van der Waals surface area (Å²) in [4.78, 5) is 1.33. The molecule has 1 aromatic rings. The Bertz CT molecular complexity index is 311. The molecule has 90 valence electrons. The Hall–Kier alpha value is -0.470. The zero-order chi connectivity index (χ0) is 12.0. The number of aryl methyl sites for hydroxylation is 1. The van der Waals surface area contributed by atoms with Crippen molar-refractivity contribution in [1.29, 1.82) is 0 Å². The van der Waals surface area contributed by atoms with Gasteiger partial charge in [-0.2, -0.15) is 0 Å². The molecule has 2 unspecified atom stereocenters. The van der Waals surface area contributed by atoms with E-state index in [4.69, 9.17) is 5.73 Å². The minimum Gasteiger partial charge on any atom is -0.327 e. The minimum absolute atomic E-state index is 0.311. The van der Waals surface area contributed by atoms with Gasteiger partial charge in [-0.3, -0.25) is 0 Å². The molecule has 1 aromatic carbocycles. The summed E-state index contributed by atoms with van der Waals surface area (Å²) in [5.74, 6) is 1.65. The van der Waals surface area contributed by atoms with Gasteiger partial charge in [0.2, 0.25) is 0 Å². The lowest BCUT2D eigenvalue weighted by molar-refractivity contribution is 0.450. The van der Waals surface area contributed by atoms with E-state index in [0.29, 0.717) is 12.0 Å². The third-order valence-electron chi connectivity index (χ3n) is 2.91. The van der Waals surface area contributed by atoms with Crippen molar-refractivity contribution in [2.24, 2.45) is 11.7 Å². The maximum Gasteiger partial charge on any atom is 0.0159 e. The first-order chi connectivity index (χ1) is 7.63. The Balaban J connectivity index is 2.39. The Morgan fingerprint density at radius 1 is 1.38 bits per heavy atom. The van der Waals surface area contributed by atoms with E-state index in [9.17, 15) is 0 Å². The van der Waals surface area contributed by atoms with Gasteiger partial charge >= 0.3 is 0 Å². The highest BCUT2D eigenvalue weighted by Crippen LogP contribution is 2.22. The van der Waals surface area contributed by atoms with E-state index in [2.05, 4.69) is 45.0 Å². The maximum atomic E-state index is 6.17. The fraction of sp³-hybridized carbons (Fsp3) is 0.571. The highest BCUT2D eigenvalue weighted by atomic mass is 32.2. The SMILES string of the molecule is CCCC(C)C(N)CSc1cccc(C)c1. The summed E-state index contributed by atoms with van der Waals surface area (Å²) in [6.07, 6.45) is 2.46. The molecule has 0 saturated heterocycles. The quantitative estimate of drug-likeness (QED) is 0.761. The summed E-state index contributed by atoms with van der Waals surface area (Å²) in [7, 11) is 0. The van der Waals surface area contributed by atoms with E-state index in [0.717, 1.165) is 5.75 Å². The summed E-state index contributed by atoms with van der Waals surface area (Å²) in [6, 6.07) is 8.93. The van der Waals surface area contributed by atoms with Crippen LogP contribution in [0.3, 0.4) is 0 Å². The summed E-state index contributed by atoms with van der Waals surface area (Å²) in [5, 5.41) is 0. The van der Waals surface area contributed by atoms with Crippen LogP contribution in [0, 0.1) is 12.8 Å². The topological polar surface area (TPSA) is 26.0 Å². The fourth-order valence-corrected chi connectivity index (χ4v) is 2.89. The molecule has 0 heterocycles. The molecule has 0 radical (unpaired) electrons. The molecule has 0 aromatic heterocycles. The average molecular weight is 237 g/mol. The fourth-order valence-electron chi connectivity index (χ4n) is 1.73. The Morgan fingerprint density at radius 2 is 2.12 bits per heavy atom. The second kappa shape index (κ2) is 6.97. The van der Waals surface area contributed by atoms with Gasteiger partial charge in [-0.25, -0.2) is 0 Å². The molecule has 0 fully saturated rings. The molecule has 0 bridgehead atoms. The van der Waals surface area contributed by atoms with Crippen LogP contribution < -0.4 is 5.73 Å². The molecule has 0 aliphatic heterocycles. The molecule has 1 rings (SSSR count). The van der Waals surface area contributed by atoms with Crippen LogP contribution in [0.15, 0.2) is 29.2 Å². The summed E-state index contributed by atoms with van der Waals surface area (Å²) >= 11 is 1.87. The van der Waals surface area contributed by atoms with Crippen LogP contribution in [0.5, 0.6) is 0 Å². The van der Waals surface area contributed by atoms with E-state index in [1.54, 1.807) is 0 Å². The summed E-state index contributed by atoms with van der Waals surface area (Å²) in [6.45, 7) is 6.60. The van der Waals surface area contributed by atoms with E-state index >= 15 is 0 Å². The standard InChI is InChI=1S/C14H23NS/c1-4-6-12(3)14(15)10-16-13-8-5-7-11(2)9-13/h5,7-9,12,14H,4,6,10,15H2,1-3H3. The molecule has 16 heavy (non-hydrogen) atoms. The van der Waals surface area contributed by atoms with Gasteiger partial charge in [-0.15, -0.1) is 11.8 Å². The average Bonchev–Trinajstić information content (AvgIpc) is 2.26. The highest BCUT2D eigenvalue weighted by molar-refractivity contribution is 7.99. The molecular weight excluding hydrogens is 214 g/mol. The van der Waals surface area contributed by atoms with Gasteiger partial charge in [0.25, 0.3) is 0 Å². The maximum absolute atomic E-state index is 6.17. The third-order valence-corrected chi connectivity index (χ3v) is 4.05. The van der Waals surface area contributed by atoms with Crippen molar-refractivity contribution in [2.75, 3.05) is 5.75 Å². The molecule has 2 atom stereocenters. The van der Waals surface area contributed by atoms with Crippen molar-refractivity contribution in [2.45, 2.75) is 44.6 Å². The number of hydrogen-bond donors (Lipinski definition) is 1. The molecule has 0 aliphatic rings. The number of hydrogen-bond acceptors (Lipinski definition) is 2. The molecule has 2 N–H and O–H groups in total. The van der Waals surface area contributed by atoms with Gasteiger partial charge in [0, 0.05) is 16.7 Å². The lowest BCUT2D eigenvalue weighted by atomic mass is 9.99. The normalized spacial score (nSPS) is 14.8. The molecule has 0 spiro atoms. The van der Waals surface area contributed by atoms with Gasteiger partial charge in [-0.1, -0.05) is 38.0 Å². The Labute approximate surface area is 104 Å². The second-order valence-electron chi connectivity index (χ2n) is 4.56. The monoisotopic (exact) mass is 237 g/mol. The zero-order valence-corrected chi connectivity index (χ0v) is 11.4. The van der Waals surface area contributed by atoms with E-state index in [1.807, 2.05) is 11.8 Å². The van der Waals surface area contributed by atoms with Crippen molar-refractivity contribution in [3.8, 4) is 0 Å². The number of rotatable bonds is 6. The van der Waals surface area contributed by atoms with Crippen LogP contribution in [0.1, 0.15) is 32.3 Å². The third kappa shape index (κ3) is 4.58. The number of nitrogens with two attached hydrogens (primary N) is 1. The smallest absolute Gasteiger partial charge is 0.0159 e. The molecule has 0 aliphatic carbocycles.